The van der Waals surface area contributed by atoms with Gasteiger partial charge in [-0.05, 0) is 18.8 Å². The third-order valence-corrected chi connectivity index (χ3v) is 6.14. The molecule has 0 saturated carbocycles. The molecule has 0 aliphatic rings. The highest BCUT2D eigenvalue weighted by atomic mass is 35.5. The van der Waals surface area contributed by atoms with E-state index in [0.717, 1.165) is 18.9 Å². The molecule has 1 unspecified atom stereocenters. The highest BCUT2D eigenvalue weighted by Crippen LogP contribution is 2.36. The standard InChI is InChI=1S/C11H17ClN2O5S2/c1-2-3-8(4-5-15)7-13-21(18,19)10-6-9(14(16)17)11(12)20-10/h6,8,13,15H,2-5,7H2,1H3. The van der Waals surface area contributed by atoms with Crippen molar-refractivity contribution in [2.45, 2.75) is 30.4 Å². The maximum Gasteiger partial charge on any atom is 0.300 e. The van der Waals surface area contributed by atoms with Crippen molar-refractivity contribution in [2.75, 3.05) is 13.2 Å². The van der Waals surface area contributed by atoms with E-state index in [1.807, 2.05) is 6.92 Å². The molecular formula is C11H17ClN2O5S2. The second-order valence-electron chi connectivity index (χ2n) is 4.50. The molecule has 0 radical (unpaired) electrons. The number of aliphatic hydroxyl groups excluding tert-OH is 1. The van der Waals surface area contributed by atoms with Crippen molar-refractivity contribution >= 4 is 38.6 Å². The summed E-state index contributed by atoms with van der Waals surface area (Å²) in [5.74, 6) is 0.0280. The van der Waals surface area contributed by atoms with E-state index in [0.29, 0.717) is 17.8 Å². The summed E-state index contributed by atoms with van der Waals surface area (Å²) in [7, 11) is -3.83. The predicted molar refractivity (Wildman–Crippen MR) is 81.3 cm³/mol. The first kappa shape index (κ1) is 18.3. The van der Waals surface area contributed by atoms with E-state index in [1.165, 1.54) is 0 Å². The zero-order valence-corrected chi connectivity index (χ0v) is 13.8. The molecule has 21 heavy (non-hydrogen) atoms. The Labute approximate surface area is 132 Å². The van der Waals surface area contributed by atoms with Crippen LogP contribution in [0.3, 0.4) is 0 Å². The molecule has 0 saturated heterocycles. The van der Waals surface area contributed by atoms with E-state index in [4.69, 9.17) is 16.7 Å². The Morgan fingerprint density at radius 2 is 2.19 bits per heavy atom. The lowest BCUT2D eigenvalue weighted by Crippen LogP contribution is -2.29. The third kappa shape index (κ3) is 5.19. The molecule has 0 amide bonds. The average Bonchev–Trinajstić information content (AvgIpc) is 2.80. The maximum atomic E-state index is 12.1. The fraction of sp³-hybridized carbons (Fsp3) is 0.636. The van der Waals surface area contributed by atoms with E-state index < -0.39 is 20.6 Å². The first-order valence-electron chi connectivity index (χ1n) is 6.36. The number of rotatable bonds is 9. The molecule has 0 bridgehead atoms. The van der Waals surface area contributed by atoms with Crippen LogP contribution in [0.25, 0.3) is 0 Å². The van der Waals surface area contributed by atoms with Crippen molar-refractivity contribution in [2.24, 2.45) is 5.92 Å². The van der Waals surface area contributed by atoms with Gasteiger partial charge in [0, 0.05) is 19.2 Å². The number of nitrogens with zero attached hydrogens (tertiary/aromatic N) is 1. The van der Waals surface area contributed by atoms with Gasteiger partial charge in [0.2, 0.25) is 10.0 Å². The van der Waals surface area contributed by atoms with Gasteiger partial charge in [-0.3, -0.25) is 10.1 Å². The summed E-state index contributed by atoms with van der Waals surface area (Å²) in [5.41, 5.74) is -0.414. The average molecular weight is 357 g/mol. The molecule has 0 fully saturated rings. The van der Waals surface area contributed by atoms with Crippen LogP contribution in [0.15, 0.2) is 10.3 Å². The number of sulfonamides is 1. The number of nitrogens with one attached hydrogen (secondary N) is 1. The van der Waals surface area contributed by atoms with Crippen LogP contribution in [0.2, 0.25) is 4.34 Å². The van der Waals surface area contributed by atoms with Crippen molar-refractivity contribution in [3.8, 4) is 0 Å². The van der Waals surface area contributed by atoms with Crippen molar-refractivity contribution in [1.29, 1.82) is 0 Å². The number of thiophene rings is 1. The van der Waals surface area contributed by atoms with Gasteiger partial charge in [-0.2, -0.15) is 0 Å². The molecule has 1 atom stereocenters. The molecule has 0 aliphatic carbocycles. The van der Waals surface area contributed by atoms with E-state index in [9.17, 15) is 18.5 Å². The summed E-state index contributed by atoms with van der Waals surface area (Å²) < 4.78 is 26.2. The molecule has 1 rings (SSSR count). The van der Waals surface area contributed by atoms with Gasteiger partial charge in [0.1, 0.15) is 4.21 Å². The van der Waals surface area contributed by atoms with Crippen LogP contribution in [-0.2, 0) is 10.0 Å². The molecular weight excluding hydrogens is 340 g/mol. The lowest BCUT2D eigenvalue weighted by Gasteiger charge is -2.15. The zero-order chi connectivity index (χ0) is 16.0. The Balaban J connectivity index is 2.81. The number of halogens is 1. The number of hydrogen-bond donors (Lipinski definition) is 2. The van der Waals surface area contributed by atoms with Crippen LogP contribution in [0.4, 0.5) is 5.69 Å². The van der Waals surface area contributed by atoms with Gasteiger partial charge in [0.25, 0.3) is 5.69 Å². The Bertz CT molecular complexity index is 581. The van der Waals surface area contributed by atoms with Crippen LogP contribution in [0.1, 0.15) is 26.2 Å². The van der Waals surface area contributed by atoms with Crippen molar-refractivity contribution in [1.82, 2.24) is 4.72 Å². The summed E-state index contributed by atoms with van der Waals surface area (Å²) >= 11 is 6.31. The van der Waals surface area contributed by atoms with Gasteiger partial charge in [-0.25, -0.2) is 13.1 Å². The number of aliphatic hydroxyl groups is 1. The van der Waals surface area contributed by atoms with Crippen LogP contribution < -0.4 is 4.72 Å². The summed E-state index contributed by atoms with van der Waals surface area (Å²) in [6.45, 7) is 2.14. The summed E-state index contributed by atoms with van der Waals surface area (Å²) in [4.78, 5) is 9.96. The van der Waals surface area contributed by atoms with E-state index in [-0.39, 0.29) is 27.6 Å². The summed E-state index contributed by atoms with van der Waals surface area (Å²) in [6.07, 6.45) is 2.17. The molecule has 1 aromatic rings. The first-order valence-corrected chi connectivity index (χ1v) is 9.03. The largest absolute Gasteiger partial charge is 0.396 e. The fourth-order valence-corrected chi connectivity index (χ4v) is 4.66. The molecule has 0 aromatic carbocycles. The minimum atomic E-state index is -3.83. The third-order valence-electron chi connectivity index (χ3n) is 2.90. The smallest absolute Gasteiger partial charge is 0.300 e. The lowest BCUT2D eigenvalue weighted by molar-refractivity contribution is -0.384. The van der Waals surface area contributed by atoms with E-state index in [2.05, 4.69) is 4.72 Å². The molecule has 7 nitrogen and oxygen atoms in total. The van der Waals surface area contributed by atoms with Gasteiger partial charge in [-0.1, -0.05) is 24.9 Å². The van der Waals surface area contributed by atoms with Crippen LogP contribution >= 0.6 is 22.9 Å². The second-order valence-corrected chi connectivity index (χ2v) is 8.15. The minimum absolute atomic E-state index is 0.0112. The second kappa shape index (κ2) is 8.04. The zero-order valence-electron chi connectivity index (χ0n) is 11.4. The summed E-state index contributed by atoms with van der Waals surface area (Å²) in [5, 5.41) is 19.6. The van der Waals surface area contributed by atoms with Crippen molar-refractivity contribution < 1.29 is 18.4 Å². The SMILES string of the molecule is CCCC(CCO)CNS(=O)(=O)c1cc([N+](=O)[O-])c(Cl)s1. The molecule has 10 heteroatoms. The van der Waals surface area contributed by atoms with Crippen LogP contribution in [0, 0.1) is 16.0 Å². The molecule has 1 aromatic heterocycles. The number of hydrogen-bond acceptors (Lipinski definition) is 6. The molecule has 0 aliphatic heterocycles. The Hall–Kier alpha value is -0.740. The first-order chi connectivity index (χ1) is 9.81. The Morgan fingerprint density at radius 1 is 1.52 bits per heavy atom. The van der Waals surface area contributed by atoms with E-state index >= 15 is 0 Å². The Kier molecular flexibility index (Phi) is 7.01. The lowest BCUT2D eigenvalue weighted by atomic mass is 10.0. The molecule has 120 valence electrons. The molecule has 0 spiro atoms. The number of nitro groups is 1. The Morgan fingerprint density at radius 3 is 2.67 bits per heavy atom. The van der Waals surface area contributed by atoms with Crippen molar-refractivity contribution in [3.05, 3.63) is 20.5 Å². The van der Waals surface area contributed by atoms with Crippen LogP contribution in [-0.4, -0.2) is 31.6 Å². The molecule has 1 heterocycles. The normalized spacial score (nSPS) is 13.3. The topological polar surface area (TPSA) is 110 Å². The van der Waals surface area contributed by atoms with Gasteiger partial charge in [-0.15, -0.1) is 11.3 Å². The fourth-order valence-electron chi connectivity index (χ4n) is 1.83. The van der Waals surface area contributed by atoms with Gasteiger partial charge < -0.3 is 5.11 Å². The van der Waals surface area contributed by atoms with Crippen LogP contribution in [0.5, 0.6) is 0 Å². The highest BCUT2D eigenvalue weighted by Gasteiger charge is 2.25. The maximum absolute atomic E-state index is 12.1. The highest BCUT2D eigenvalue weighted by molar-refractivity contribution is 7.91. The minimum Gasteiger partial charge on any atom is -0.396 e. The van der Waals surface area contributed by atoms with E-state index in [1.54, 1.807) is 0 Å². The summed E-state index contributed by atoms with van der Waals surface area (Å²) in [6, 6.07) is 0.955. The quantitative estimate of drug-likeness (QED) is 0.521. The van der Waals surface area contributed by atoms with Gasteiger partial charge >= 0.3 is 0 Å². The van der Waals surface area contributed by atoms with Gasteiger partial charge in [0.15, 0.2) is 4.34 Å². The monoisotopic (exact) mass is 356 g/mol. The molecule has 2 N–H and O–H groups in total. The predicted octanol–water partition coefficient (Wildman–Crippen LogP) is 2.39. The van der Waals surface area contributed by atoms with Crippen molar-refractivity contribution in [3.63, 3.8) is 0 Å². The van der Waals surface area contributed by atoms with Gasteiger partial charge in [0.05, 0.1) is 4.92 Å².